The van der Waals surface area contributed by atoms with Crippen LogP contribution in [0.5, 0.6) is 0 Å². The third kappa shape index (κ3) is 3.77. The standard InChI is InChI=1S/C21H21I/c1-15(2)19(16(3)4)21(22)20(17-11-7-5-8-12-17)18-13-9-6-10-14-18/h5-14H,1H2,2-4H3. The zero-order valence-electron chi connectivity index (χ0n) is 13.4. The fraction of sp³-hybridized carbons (Fsp3) is 0.143. The normalized spacial score (nSPS) is 10.0. The molecule has 0 aromatic heterocycles. The molecule has 0 fully saturated rings. The first kappa shape index (κ1) is 16.8. The predicted octanol–water partition coefficient (Wildman–Crippen LogP) is 6.79. The van der Waals surface area contributed by atoms with E-state index < -0.39 is 0 Å². The minimum absolute atomic E-state index is 1.11. The van der Waals surface area contributed by atoms with Gasteiger partial charge in [-0.3, -0.25) is 0 Å². The van der Waals surface area contributed by atoms with Crippen LogP contribution in [0.25, 0.3) is 5.57 Å². The molecular formula is C21H21I. The first-order valence-corrected chi connectivity index (χ1v) is 8.44. The van der Waals surface area contributed by atoms with Crippen LogP contribution in [-0.4, -0.2) is 0 Å². The Bertz CT molecular complexity index is 674. The fourth-order valence-corrected chi connectivity index (χ4v) is 4.21. The average Bonchev–Trinajstić information content (AvgIpc) is 2.49. The average molecular weight is 400 g/mol. The summed E-state index contributed by atoms with van der Waals surface area (Å²) < 4.78 is 1.25. The molecule has 0 saturated heterocycles. The van der Waals surface area contributed by atoms with Gasteiger partial charge in [0.1, 0.15) is 0 Å². The molecule has 0 N–H and O–H groups in total. The lowest BCUT2D eigenvalue weighted by atomic mass is 9.93. The summed E-state index contributed by atoms with van der Waals surface area (Å²) in [4.78, 5) is 0. The Hall–Kier alpha value is -1.61. The van der Waals surface area contributed by atoms with E-state index in [0.717, 1.165) is 5.57 Å². The van der Waals surface area contributed by atoms with Crippen molar-refractivity contribution in [3.05, 3.63) is 98.7 Å². The summed E-state index contributed by atoms with van der Waals surface area (Å²) >= 11 is 2.46. The van der Waals surface area contributed by atoms with Gasteiger partial charge in [0.2, 0.25) is 0 Å². The van der Waals surface area contributed by atoms with Gasteiger partial charge in [0.05, 0.1) is 0 Å². The minimum atomic E-state index is 1.11. The second-order valence-corrected chi connectivity index (χ2v) is 6.66. The Balaban J connectivity index is 2.77. The molecule has 1 heteroatoms. The van der Waals surface area contributed by atoms with Crippen LogP contribution in [0.3, 0.4) is 0 Å². The summed E-state index contributed by atoms with van der Waals surface area (Å²) in [5, 5.41) is 0. The third-order valence-electron chi connectivity index (χ3n) is 3.49. The van der Waals surface area contributed by atoms with Crippen molar-refractivity contribution in [2.45, 2.75) is 20.8 Å². The van der Waals surface area contributed by atoms with Gasteiger partial charge < -0.3 is 0 Å². The van der Waals surface area contributed by atoms with Crippen molar-refractivity contribution in [3.8, 4) is 0 Å². The first-order chi connectivity index (χ1) is 10.5. The van der Waals surface area contributed by atoms with E-state index in [1.807, 2.05) is 0 Å². The van der Waals surface area contributed by atoms with Crippen LogP contribution in [0.4, 0.5) is 0 Å². The maximum absolute atomic E-state index is 4.17. The van der Waals surface area contributed by atoms with E-state index in [1.165, 1.54) is 31.4 Å². The summed E-state index contributed by atoms with van der Waals surface area (Å²) in [5.41, 5.74) is 7.38. The van der Waals surface area contributed by atoms with Crippen LogP contribution in [0.2, 0.25) is 0 Å². The Morgan fingerprint density at radius 3 is 1.50 bits per heavy atom. The van der Waals surface area contributed by atoms with Gasteiger partial charge in [-0.25, -0.2) is 0 Å². The number of allylic oxidation sites excluding steroid dienone is 4. The van der Waals surface area contributed by atoms with Crippen molar-refractivity contribution in [2.75, 3.05) is 0 Å². The molecule has 0 amide bonds. The lowest BCUT2D eigenvalue weighted by Crippen LogP contribution is -1.96. The molecule has 2 aromatic carbocycles. The molecule has 22 heavy (non-hydrogen) atoms. The summed E-state index contributed by atoms with van der Waals surface area (Å²) in [7, 11) is 0. The van der Waals surface area contributed by atoms with Gasteiger partial charge in [-0.05, 0) is 60.1 Å². The van der Waals surface area contributed by atoms with E-state index in [1.54, 1.807) is 0 Å². The van der Waals surface area contributed by atoms with Crippen molar-refractivity contribution in [2.24, 2.45) is 0 Å². The Kier molecular flexibility index (Phi) is 5.78. The van der Waals surface area contributed by atoms with Gasteiger partial charge in [-0.1, -0.05) is 78.4 Å². The van der Waals surface area contributed by atoms with Crippen molar-refractivity contribution in [3.63, 3.8) is 0 Å². The van der Waals surface area contributed by atoms with Gasteiger partial charge in [0.25, 0.3) is 0 Å². The number of halogens is 1. The number of benzene rings is 2. The highest BCUT2D eigenvalue weighted by Crippen LogP contribution is 2.37. The summed E-state index contributed by atoms with van der Waals surface area (Å²) in [6.45, 7) is 10.5. The second-order valence-electron chi connectivity index (χ2n) is 5.58. The molecule has 2 aromatic rings. The highest BCUT2D eigenvalue weighted by atomic mass is 127. The molecule has 0 heterocycles. The van der Waals surface area contributed by atoms with Crippen LogP contribution in [0.15, 0.2) is 87.5 Å². The predicted molar refractivity (Wildman–Crippen MR) is 106 cm³/mol. The Morgan fingerprint density at radius 2 is 1.18 bits per heavy atom. The summed E-state index contributed by atoms with van der Waals surface area (Å²) in [5.74, 6) is 0. The van der Waals surface area contributed by atoms with Crippen LogP contribution in [-0.2, 0) is 0 Å². The second kappa shape index (κ2) is 7.59. The molecule has 0 nitrogen and oxygen atoms in total. The highest BCUT2D eigenvalue weighted by molar-refractivity contribution is 14.1. The van der Waals surface area contributed by atoms with Gasteiger partial charge in [0, 0.05) is 9.15 Å². The summed E-state index contributed by atoms with van der Waals surface area (Å²) in [6.07, 6.45) is 0. The Morgan fingerprint density at radius 1 is 0.773 bits per heavy atom. The molecule has 2 rings (SSSR count). The number of hydrogen-bond donors (Lipinski definition) is 0. The molecular weight excluding hydrogens is 379 g/mol. The third-order valence-corrected chi connectivity index (χ3v) is 4.57. The van der Waals surface area contributed by atoms with Crippen LogP contribution < -0.4 is 0 Å². The van der Waals surface area contributed by atoms with Crippen LogP contribution >= 0.6 is 22.6 Å². The van der Waals surface area contributed by atoms with E-state index in [9.17, 15) is 0 Å². The maximum atomic E-state index is 4.17. The smallest absolute Gasteiger partial charge is 0.0289 e. The molecule has 0 unspecified atom stereocenters. The van der Waals surface area contributed by atoms with E-state index in [-0.39, 0.29) is 0 Å². The lowest BCUT2D eigenvalue weighted by molar-refractivity contribution is 1.28. The zero-order chi connectivity index (χ0) is 16.1. The van der Waals surface area contributed by atoms with E-state index in [0.29, 0.717) is 0 Å². The maximum Gasteiger partial charge on any atom is 0.0289 e. The van der Waals surface area contributed by atoms with E-state index in [2.05, 4.69) is 111 Å². The molecule has 0 bridgehead atoms. The molecule has 112 valence electrons. The van der Waals surface area contributed by atoms with Crippen molar-refractivity contribution in [1.29, 1.82) is 0 Å². The molecule has 0 aliphatic heterocycles. The number of rotatable bonds is 4. The summed E-state index contributed by atoms with van der Waals surface area (Å²) in [6, 6.07) is 21.1. The number of hydrogen-bond acceptors (Lipinski definition) is 0. The van der Waals surface area contributed by atoms with Gasteiger partial charge in [-0.2, -0.15) is 0 Å². The molecule has 0 aliphatic carbocycles. The zero-order valence-corrected chi connectivity index (χ0v) is 15.5. The van der Waals surface area contributed by atoms with Crippen LogP contribution in [0.1, 0.15) is 31.9 Å². The van der Waals surface area contributed by atoms with Gasteiger partial charge in [-0.15, -0.1) is 0 Å². The molecule has 0 atom stereocenters. The molecule has 0 saturated carbocycles. The molecule has 0 radical (unpaired) electrons. The fourth-order valence-electron chi connectivity index (χ4n) is 2.59. The highest BCUT2D eigenvalue weighted by Gasteiger charge is 2.14. The largest absolute Gasteiger partial charge is 0.0955 e. The first-order valence-electron chi connectivity index (χ1n) is 7.36. The van der Waals surface area contributed by atoms with Crippen LogP contribution in [0, 0.1) is 0 Å². The van der Waals surface area contributed by atoms with Gasteiger partial charge >= 0.3 is 0 Å². The van der Waals surface area contributed by atoms with Gasteiger partial charge in [0.15, 0.2) is 0 Å². The molecule has 0 aliphatic rings. The van der Waals surface area contributed by atoms with Crippen molar-refractivity contribution in [1.82, 2.24) is 0 Å². The SMILES string of the molecule is C=C(C)C(=C(C)C)C(I)=C(c1ccccc1)c1ccccc1. The minimum Gasteiger partial charge on any atom is -0.0955 e. The van der Waals surface area contributed by atoms with Crippen molar-refractivity contribution >= 4 is 28.2 Å². The molecule has 0 spiro atoms. The van der Waals surface area contributed by atoms with E-state index >= 15 is 0 Å². The van der Waals surface area contributed by atoms with E-state index in [4.69, 9.17) is 0 Å². The monoisotopic (exact) mass is 400 g/mol. The van der Waals surface area contributed by atoms with Crippen molar-refractivity contribution < 1.29 is 0 Å². The topological polar surface area (TPSA) is 0 Å². The Labute approximate surface area is 147 Å². The quantitative estimate of drug-likeness (QED) is 0.391. The lowest BCUT2D eigenvalue weighted by Gasteiger charge is -2.16.